The van der Waals surface area contributed by atoms with E-state index in [4.69, 9.17) is 5.73 Å². The Hall–Kier alpha value is 0.400. The highest BCUT2D eigenvalue weighted by Crippen LogP contribution is 2.21. The van der Waals surface area contributed by atoms with E-state index in [1.165, 1.54) is 5.57 Å². The summed E-state index contributed by atoms with van der Waals surface area (Å²) >= 11 is 6.32. The first kappa shape index (κ1) is 9.49. The van der Waals surface area contributed by atoms with Crippen molar-refractivity contribution < 1.29 is 0 Å². The Kier molecular flexibility index (Phi) is 3.82. The van der Waals surface area contributed by atoms with E-state index in [2.05, 4.69) is 19.2 Å². The van der Waals surface area contributed by atoms with Crippen LogP contribution in [0.25, 0.3) is 0 Å². The predicted octanol–water partition coefficient (Wildman–Crippen LogP) is 1.70. The van der Waals surface area contributed by atoms with Crippen molar-refractivity contribution in [3.63, 3.8) is 0 Å². The third-order valence-electron chi connectivity index (χ3n) is 1.92. The molecule has 0 amide bonds. The van der Waals surface area contributed by atoms with Crippen LogP contribution in [0.15, 0.2) is 12.2 Å². The molecule has 0 aromatic rings. The first-order valence-corrected chi connectivity index (χ1v) is 5.55. The van der Waals surface area contributed by atoms with Crippen molar-refractivity contribution in [2.24, 2.45) is 5.73 Å². The Morgan fingerprint density at radius 2 is 2.36 bits per heavy atom. The van der Waals surface area contributed by atoms with Crippen molar-refractivity contribution in [3.8, 4) is 0 Å². The van der Waals surface area contributed by atoms with Crippen LogP contribution in [0.3, 0.4) is 0 Å². The van der Waals surface area contributed by atoms with E-state index in [-0.39, 0.29) is 6.04 Å². The molecule has 1 saturated heterocycles. The van der Waals surface area contributed by atoms with Gasteiger partial charge in [0.1, 0.15) is 0 Å². The zero-order chi connectivity index (χ0) is 8.27. The van der Waals surface area contributed by atoms with Crippen LogP contribution in [0.5, 0.6) is 0 Å². The van der Waals surface area contributed by atoms with Gasteiger partial charge in [-0.2, -0.15) is 24.4 Å². The SMILES string of the molecule is C=C1CCC(N)C(S)CSC1. The fourth-order valence-electron chi connectivity index (χ4n) is 1.08. The summed E-state index contributed by atoms with van der Waals surface area (Å²) in [7, 11) is 0. The summed E-state index contributed by atoms with van der Waals surface area (Å²) in [5, 5.41) is 0.369. The fourth-order valence-corrected chi connectivity index (χ4v) is 2.59. The first-order chi connectivity index (χ1) is 5.20. The van der Waals surface area contributed by atoms with Crippen molar-refractivity contribution in [2.45, 2.75) is 24.1 Å². The first-order valence-electron chi connectivity index (χ1n) is 3.88. The molecule has 2 atom stereocenters. The van der Waals surface area contributed by atoms with Crippen LogP contribution in [0, 0.1) is 0 Å². The van der Waals surface area contributed by atoms with Gasteiger partial charge in [-0.15, -0.1) is 0 Å². The quantitative estimate of drug-likeness (QED) is 0.448. The topological polar surface area (TPSA) is 26.0 Å². The molecule has 0 saturated carbocycles. The molecular weight excluding hydrogens is 174 g/mol. The van der Waals surface area contributed by atoms with Gasteiger partial charge >= 0.3 is 0 Å². The lowest BCUT2D eigenvalue weighted by atomic mass is 10.1. The van der Waals surface area contributed by atoms with E-state index in [0.29, 0.717) is 5.25 Å². The molecule has 1 fully saturated rings. The van der Waals surface area contributed by atoms with E-state index in [9.17, 15) is 0 Å². The lowest BCUT2D eigenvalue weighted by Gasteiger charge is -2.22. The van der Waals surface area contributed by atoms with Crippen molar-refractivity contribution in [1.29, 1.82) is 0 Å². The molecule has 3 heteroatoms. The minimum absolute atomic E-state index is 0.253. The second kappa shape index (κ2) is 4.43. The van der Waals surface area contributed by atoms with Crippen molar-refractivity contribution in [1.82, 2.24) is 0 Å². The molecule has 0 aromatic carbocycles. The summed E-state index contributed by atoms with van der Waals surface area (Å²) in [5.41, 5.74) is 7.20. The van der Waals surface area contributed by atoms with Gasteiger partial charge in [0.15, 0.2) is 0 Å². The van der Waals surface area contributed by atoms with Gasteiger partial charge in [-0.25, -0.2) is 0 Å². The maximum Gasteiger partial charge on any atom is 0.0259 e. The van der Waals surface area contributed by atoms with Crippen molar-refractivity contribution in [3.05, 3.63) is 12.2 Å². The summed E-state index contributed by atoms with van der Waals surface area (Å²) in [5.74, 6) is 2.15. The molecule has 0 aromatic heterocycles. The van der Waals surface area contributed by atoms with Crippen molar-refractivity contribution >= 4 is 24.4 Å². The van der Waals surface area contributed by atoms with E-state index in [1.807, 2.05) is 11.8 Å². The van der Waals surface area contributed by atoms with Gasteiger partial charge in [0.25, 0.3) is 0 Å². The Bertz CT molecular complexity index is 147. The molecule has 2 N–H and O–H groups in total. The smallest absolute Gasteiger partial charge is 0.0259 e. The molecule has 1 heterocycles. The van der Waals surface area contributed by atoms with Crippen LogP contribution in [0.4, 0.5) is 0 Å². The Labute approximate surface area is 78.2 Å². The Balaban J connectivity index is 2.40. The molecule has 11 heavy (non-hydrogen) atoms. The molecule has 0 spiro atoms. The number of thiol groups is 1. The number of hydrogen-bond donors (Lipinski definition) is 2. The largest absolute Gasteiger partial charge is 0.327 e. The van der Waals surface area contributed by atoms with Gasteiger partial charge in [0.2, 0.25) is 0 Å². The average molecular weight is 189 g/mol. The maximum atomic E-state index is 5.88. The third kappa shape index (κ3) is 3.09. The third-order valence-corrected chi connectivity index (χ3v) is 3.94. The van der Waals surface area contributed by atoms with E-state index < -0.39 is 0 Å². The monoisotopic (exact) mass is 189 g/mol. The lowest BCUT2D eigenvalue weighted by Crippen LogP contribution is -2.33. The average Bonchev–Trinajstić information content (AvgIpc) is 1.98. The highest BCUT2D eigenvalue weighted by Gasteiger charge is 2.16. The molecule has 0 aliphatic carbocycles. The number of hydrogen-bond acceptors (Lipinski definition) is 3. The van der Waals surface area contributed by atoms with E-state index in [0.717, 1.165) is 24.3 Å². The lowest BCUT2D eigenvalue weighted by molar-refractivity contribution is 0.608. The molecule has 1 aliphatic heterocycles. The van der Waals surface area contributed by atoms with Crippen LogP contribution in [-0.2, 0) is 0 Å². The van der Waals surface area contributed by atoms with Crippen LogP contribution in [0.2, 0.25) is 0 Å². The van der Waals surface area contributed by atoms with Gasteiger partial charge in [-0.1, -0.05) is 12.2 Å². The highest BCUT2D eigenvalue weighted by atomic mass is 32.2. The van der Waals surface area contributed by atoms with Crippen LogP contribution >= 0.6 is 24.4 Å². The number of rotatable bonds is 0. The highest BCUT2D eigenvalue weighted by molar-refractivity contribution is 8.00. The minimum Gasteiger partial charge on any atom is -0.327 e. The van der Waals surface area contributed by atoms with Gasteiger partial charge in [0, 0.05) is 22.8 Å². The zero-order valence-corrected chi connectivity index (χ0v) is 8.33. The van der Waals surface area contributed by atoms with Crippen LogP contribution in [-0.4, -0.2) is 22.8 Å². The van der Waals surface area contributed by atoms with Crippen molar-refractivity contribution in [2.75, 3.05) is 11.5 Å². The predicted molar refractivity (Wildman–Crippen MR) is 56.4 cm³/mol. The maximum absolute atomic E-state index is 5.88. The van der Waals surface area contributed by atoms with Crippen LogP contribution < -0.4 is 5.73 Å². The van der Waals surface area contributed by atoms with Crippen LogP contribution in [0.1, 0.15) is 12.8 Å². The number of thioether (sulfide) groups is 1. The molecule has 0 bridgehead atoms. The summed E-state index contributed by atoms with van der Waals surface area (Å²) in [6.07, 6.45) is 2.12. The second-order valence-electron chi connectivity index (χ2n) is 3.04. The molecule has 1 aliphatic rings. The fraction of sp³-hybridized carbons (Fsp3) is 0.750. The minimum atomic E-state index is 0.253. The van der Waals surface area contributed by atoms with Gasteiger partial charge < -0.3 is 5.73 Å². The molecule has 1 rings (SSSR count). The molecule has 0 radical (unpaired) electrons. The zero-order valence-electron chi connectivity index (χ0n) is 6.62. The summed E-state index contributed by atoms with van der Waals surface area (Å²) in [4.78, 5) is 0. The van der Waals surface area contributed by atoms with E-state index in [1.54, 1.807) is 0 Å². The molecular formula is C8H15NS2. The standard InChI is InChI=1S/C8H15NS2/c1-6-2-3-7(9)8(10)5-11-4-6/h7-8,10H,1-5,9H2. The second-order valence-corrected chi connectivity index (χ2v) is 4.73. The Morgan fingerprint density at radius 3 is 3.09 bits per heavy atom. The van der Waals surface area contributed by atoms with E-state index >= 15 is 0 Å². The Morgan fingerprint density at radius 1 is 1.64 bits per heavy atom. The number of nitrogens with two attached hydrogens (primary N) is 1. The summed E-state index contributed by atoms with van der Waals surface area (Å²) < 4.78 is 0. The summed E-state index contributed by atoms with van der Waals surface area (Å²) in [6, 6.07) is 0.253. The van der Waals surface area contributed by atoms with Gasteiger partial charge in [-0.05, 0) is 12.8 Å². The summed E-state index contributed by atoms with van der Waals surface area (Å²) in [6.45, 7) is 3.97. The molecule has 64 valence electrons. The van der Waals surface area contributed by atoms with Gasteiger partial charge in [0.05, 0.1) is 0 Å². The van der Waals surface area contributed by atoms with Gasteiger partial charge in [-0.3, -0.25) is 0 Å². The normalized spacial score (nSPS) is 34.5. The molecule has 2 unspecified atom stereocenters. The molecule has 1 nitrogen and oxygen atoms in total.